The Bertz CT molecular complexity index is 194. The van der Waals surface area contributed by atoms with Gasteiger partial charge in [-0.05, 0) is 6.42 Å². The van der Waals surface area contributed by atoms with Crippen LogP contribution >= 0.6 is 0 Å². The average Bonchev–Trinajstić information content (AvgIpc) is 1.92. The van der Waals surface area contributed by atoms with Gasteiger partial charge in [-0.15, -0.1) is 0 Å². The lowest BCUT2D eigenvalue weighted by Crippen LogP contribution is -2.51. The molecule has 0 aromatic heterocycles. The van der Waals surface area contributed by atoms with Crippen LogP contribution < -0.4 is 0 Å². The topological polar surface area (TPSA) is 27.0 Å². The summed E-state index contributed by atoms with van der Waals surface area (Å²) in [4.78, 5) is 1.29. The largest absolute Gasteiger partial charge is 0.401 e. The quantitative estimate of drug-likeness (QED) is 0.641. The molecule has 1 rings (SSSR count). The molecule has 5 heteroatoms. The van der Waals surface area contributed by atoms with Gasteiger partial charge in [0.2, 0.25) is 0 Å². The summed E-state index contributed by atoms with van der Waals surface area (Å²) in [5.41, 5.74) is 0. The fourth-order valence-electron chi connectivity index (χ4n) is 1.27. The molecule has 0 saturated carbocycles. The highest BCUT2D eigenvalue weighted by Gasteiger charge is 2.37. The molecule has 12 heavy (non-hydrogen) atoms. The zero-order valence-electron chi connectivity index (χ0n) is 6.43. The number of halogens is 3. The fourth-order valence-corrected chi connectivity index (χ4v) is 1.27. The smallest absolute Gasteiger partial charge is 0.291 e. The first-order valence-corrected chi connectivity index (χ1v) is 3.70. The lowest BCUT2D eigenvalue weighted by Gasteiger charge is -2.39. The van der Waals surface area contributed by atoms with E-state index in [2.05, 4.69) is 0 Å². The highest BCUT2D eigenvalue weighted by atomic mass is 19.4. The maximum atomic E-state index is 11.8. The SMILES string of the molecule is N#CCC1CCN1CC(F)(F)F. The minimum Gasteiger partial charge on any atom is -0.291 e. The second kappa shape index (κ2) is 3.31. The van der Waals surface area contributed by atoms with Gasteiger partial charge in [0, 0.05) is 12.6 Å². The molecule has 68 valence electrons. The van der Waals surface area contributed by atoms with Crippen molar-refractivity contribution < 1.29 is 13.2 Å². The lowest BCUT2D eigenvalue weighted by molar-refractivity contribution is -0.161. The molecule has 0 radical (unpaired) electrons. The van der Waals surface area contributed by atoms with E-state index >= 15 is 0 Å². The first-order valence-electron chi connectivity index (χ1n) is 3.70. The third kappa shape index (κ3) is 2.38. The molecule has 0 bridgehead atoms. The molecule has 0 spiro atoms. The molecular formula is C7H9F3N2. The van der Waals surface area contributed by atoms with Gasteiger partial charge in [-0.2, -0.15) is 18.4 Å². The van der Waals surface area contributed by atoms with Gasteiger partial charge in [-0.1, -0.05) is 0 Å². The van der Waals surface area contributed by atoms with Gasteiger partial charge < -0.3 is 0 Å². The molecule has 0 N–H and O–H groups in total. The second-order valence-electron chi connectivity index (χ2n) is 2.89. The molecular weight excluding hydrogens is 169 g/mol. The van der Waals surface area contributed by atoms with Gasteiger partial charge in [0.15, 0.2) is 0 Å². The minimum atomic E-state index is -4.13. The minimum absolute atomic E-state index is 0.170. The van der Waals surface area contributed by atoms with E-state index in [4.69, 9.17) is 5.26 Å². The van der Waals surface area contributed by atoms with Crippen LogP contribution in [-0.4, -0.2) is 30.2 Å². The van der Waals surface area contributed by atoms with Gasteiger partial charge >= 0.3 is 6.18 Å². The van der Waals surface area contributed by atoms with Crippen LogP contribution in [0.3, 0.4) is 0 Å². The van der Waals surface area contributed by atoms with Crippen molar-refractivity contribution in [1.29, 1.82) is 5.26 Å². The van der Waals surface area contributed by atoms with E-state index < -0.39 is 12.7 Å². The first kappa shape index (κ1) is 9.33. The molecule has 1 unspecified atom stereocenters. The fraction of sp³-hybridized carbons (Fsp3) is 0.857. The number of hydrogen-bond donors (Lipinski definition) is 0. The first-order chi connectivity index (χ1) is 5.53. The van der Waals surface area contributed by atoms with Crippen LogP contribution in [0.1, 0.15) is 12.8 Å². The Kier molecular flexibility index (Phi) is 2.58. The molecule has 0 amide bonds. The Balaban J connectivity index is 2.31. The predicted octanol–water partition coefficient (Wildman–Crippen LogP) is 1.54. The van der Waals surface area contributed by atoms with Crippen LogP contribution in [0.25, 0.3) is 0 Å². The number of likely N-dealkylation sites (tertiary alicyclic amines) is 1. The molecule has 2 nitrogen and oxygen atoms in total. The highest BCUT2D eigenvalue weighted by Crippen LogP contribution is 2.25. The summed E-state index contributed by atoms with van der Waals surface area (Å²) in [5.74, 6) is 0. The van der Waals surface area contributed by atoms with E-state index in [0.717, 1.165) is 0 Å². The Morgan fingerprint density at radius 3 is 2.50 bits per heavy atom. The summed E-state index contributed by atoms with van der Waals surface area (Å²) in [7, 11) is 0. The van der Waals surface area contributed by atoms with E-state index in [-0.39, 0.29) is 12.5 Å². The maximum Gasteiger partial charge on any atom is 0.401 e. The number of alkyl halides is 3. The van der Waals surface area contributed by atoms with Gasteiger partial charge in [0.05, 0.1) is 19.0 Å². The monoisotopic (exact) mass is 178 g/mol. The number of nitrogens with zero attached hydrogens (tertiary/aromatic N) is 2. The van der Waals surface area contributed by atoms with E-state index in [1.807, 2.05) is 6.07 Å². The summed E-state index contributed by atoms with van der Waals surface area (Å²) < 4.78 is 35.4. The normalized spacial score (nSPS) is 24.7. The van der Waals surface area contributed by atoms with Gasteiger partial charge in [-0.3, -0.25) is 4.90 Å². The zero-order chi connectivity index (χ0) is 9.19. The average molecular weight is 178 g/mol. The van der Waals surface area contributed by atoms with Crippen LogP contribution in [0.15, 0.2) is 0 Å². The third-order valence-corrected chi connectivity index (χ3v) is 1.98. The van der Waals surface area contributed by atoms with Crippen molar-refractivity contribution in [1.82, 2.24) is 4.90 Å². The van der Waals surface area contributed by atoms with Crippen molar-refractivity contribution >= 4 is 0 Å². The molecule has 1 aliphatic rings. The highest BCUT2D eigenvalue weighted by molar-refractivity contribution is 4.90. The number of nitriles is 1. The van der Waals surface area contributed by atoms with Crippen molar-refractivity contribution in [3.8, 4) is 6.07 Å². The summed E-state index contributed by atoms with van der Waals surface area (Å²) in [6, 6.07) is 1.71. The van der Waals surface area contributed by atoms with Crippen LogP contribution in [0, 0.1) is 11.3 Å². The Morgan fingerprint density at radius 2 is 2.17 bits per heavy atom. The summed E-state index contributed by atoms with van der Waals surface area (Å²) >= 11 is 0. The molecule has 0 aromatic rings. The van der Waals surface area contributed by atoms with E-state index in [9.17, 15) is 13.2 Å². The predicted molar refractivity (Wildman–Crippen MR) is 36.3 cm³/mol. The lowest BCUT2D eigenvalue weighted by atomic mass is 10.0. The van der Waals surface area contributed by atoms with Crippen LogP contribution in [-0.2, 0) is 0 Å². The van der Waals surface area contributed by atoms with E-state index in [1.54, 1.807) is 0 Å². The van der Waals surface area contributed by atoms with Crippen molar-refractivity contribution in [2.24, 2.45) is 0 Å². The Morgan fingerprint density at radius 1 is 1.50 bits per heavy atom. The molecule has 1 aliphatic heterocycles. The van der Waals surface area contributed by atoms with Crippen molar-refractivity contribution in [2.45, 2.75) is 25.1 Å². The standard InChI is InChI=1S/C7H9F3N2/c8-7(9,10)5-12-4-2-6(12)1-3-11/h6H,1-2,4-5H2. The molecule has 1 atom stereocenters. The van der Waals surface area contributed by atoms with Crippen LogP contribution in [0.2, 0.25) is 0 Å². The molecule has 0 aromatic carbocycles. The molecule has 1 saturated heterocycles. The van der Waals surface area contributed by atoms with E-state index in [1.165, 1.54) is 4.90 Å². The maximum absolute atomic E-state index is 11.8. The summed E-state index contributed by atoms with van der Waals surface area (Å²) in [6.45, 7) is -0.412. The summed E-state index contributed by atoms with van der Waals surface area (Å²) in [5, 5.41) is 8.26. The van der Waals surface area contributed by atoms with Crippen molar-refractivity contribution in [2.75, 3.05) is 13.1 Å². The van der Waals surface area contributed by atoms with Crippen LogP contribution in [0.5, 0.6) is 0 Å². The second-order valence-corrected chi connectivity index (χ2v) is 2.89. The number of rotatable bonds is 2. The third-order valence-electron chi connectivity index (χ3n) is 1.98. The van der Waals surface area contributed by atoms with Gasteiger partial charge in [-0.25, -0.2) is 0 Å². The van der Waals surface area contributed by atoms with Crippen molar-refractivity contribution in [3.63, 3.8) is 0 Å². The van der Waals surface area contributed by atoms with Crippen molar-refractivity contribution in [3.05, 3.63) is 0 Å². The molecule has 1 fully saturated rings. The summed E-state index contributed by atoms with van der Waals surface area (Å²) in [6.07, 6.45) is -3.21. The Labute approximate surface area is 68.6 Å². The van der Waals surface area contributed by atoms with Crippen LogP contribution in [0.4, 0.5) is 13.2 Å². The number of hydrogen-bond acceptors (Lipinski definition) is 2. The van der Waals surface area contributed by atoms with E-state index in [0.29, 0.717) is 13.0 Å². The molecule has 0 aliphatic carbocycles. The van der Waals surface area contributed by atoms with Gasteiger partial charge in [0.1, 0.15) is 0 Å². The van der Waals surface area contributed by atoms with Gasteiger partial charge in [0.25, 0.3) is 0 Å². The Hall–Kier alpha value is -0.760. The zero-order valence-corrected chi connectivity index (χ0v) is 6.43. The molecule has 1 heterocycles.